The molecule has 2 aromatic heterocycles. The van der Waals surface area contributed by atoms with Gasteiger partial charge in [-0.05, 0) is 42.2 Å². The van der Waals surface area contributed by atoms with Gasteiger partial charge in [-0.25, -0.2) is 4.99 Å². The Morgan fingerprint density at radius 2 is 2.00 bits per heavy atom. The van der Waals surface area contributed by atoms with Gasteiger partial charge in [0.15, 0.2) is 11.6 Å². The highest BCUT2D eigenvalue weighted by Crippen LogP contribution is 2.39. The predicted octanol–water partition coefficient (Wildman–Crippen LogP) is 2.58. The van der Waals surface area contributed by atoms with Gasteiger partial charge < -0.3 is 16.4 Å². The third-order valence-corrected chi connectivity index (χ3v) is 5.22. The summed E-state index contributed by atoms with van der Waals surface area (Å²) in [4.78, 5) is 8.85. The molecule has 3 heterocycles. The molecule has 2 aliphatic rings. The molecule has 7 nitrogen and oxygen atoms in total. The molecule has 3 aromatic rings. The first-order valence-corrected chi connectivity index (χ1v) is 9.81. The number of hydrogen-bond acceptors (Lipinski definition) is 4. The Labute approximate surface area is 169 Å². The highest BCUT2D eigenvalue weighted by Gasteiger charge is 2.35. The van der Waals surface area contributed by atoms with Crippen LogP contribution in [-0.4, -0.2) is 21.1 Å². The Hall–Kier alpha value is -3.45. The number of nitrogens with two attached hydrogens (primary N) is 1. The summed E-state index contributed by atoms with van der Waals surface area (Å²) in [5.41, 5.74) is 10.7. The molecule has 0 spiro atoms. The Morgan fingerprint density at radius 3 is 2.76 bits per heavy atom. The van der Waals surface area contributed by atoms with E-state index in [0.29, 0.717) is 18.4 Å². The van der Waals surface area contributed by atoms with Gasteiger partial charge in [-0.3, -0.25) is 10.1 Å². The summed E-state index contributed by atoms with van der Waals surface area (Å²) in [6.07, 6.45) is 7.95. The van der Waals surface area contributed by atoms with E-state index >= 15 is 0 Å². The fourth-order valence-corrected chi connectivity index (χ4v) is 3.46. The lowest BCUT2D eigenvalue weighted by Gasteiger charge is -2.33. The molecule has 5 rings (SSSR count). The van der Waals surface area contributed by atoms with Crippen LogP contribution in [0, 0.1) is 0 Å². The third kappa shape index (κ3) is 3.77. The first-order chi connectivity index (χ1) is 14.2. The van der Waals surface area contributed by atoms with E-state index in [0.717, 1.165) is 28.2 Å². The summed E-state index contributed by atoms with van der Waals surface area (Å²) in [7, 11) is 0. The van der Waals surface area contributed by atoms with Crippen LogP contribution >= 0.6 is 0 Å². The number of rotatable bonds is 5. The summed E-state index contributed by atoms with van der Waals surface area (Å²) >= 11 is 0. The molecule has 146 valence electrons. The van der Waals surface area contributed by atoms with E-state index in [-0.39, 0.29) is 0 Å². The monoisotopic (exact) mass is 385 g/mol. The molecule has 7 heteroatoms. The number of H-pyrrole nitrogens is 1. The summed E-state index contributed by atoms with van der Waals surface area (Å²) in [6.45, 7) is 0.495. The van der Waals surface area contributed by atoms with Crippen LogP contribution in [0.15, 0.2) is 72.0 Å². The Balaban J connectivity index is 1.49. The Bertz CT molecular complexity index is 1050. The highest BCUT2D eigenvalue weighted by molar-refractivity contribution is 5.92. The summed E-state index contributed by atoms with van der Waals surface area (Å²) in [5, 5.41) is 14.3. The molecule has 1 fully saturated rings. The van der Waals surface area contributed by atoms with Crippen molar-refractivity contribution in [2.24, 2.45) is 10.7 Å². The van der Waals surface area contributed by atoms with E-state index in [4.69, 9.17) is 10.7 Å². The van der Waals surface area contributed by atoms with Crippen LogP contribution in [0.2, 0.25) is 0 Å². The molecule has 5 N–H and O–H groups in total. The van der Waals surface area contributed by atoms with Gasteiger partial charge in [-0.1, -0.05) is 36.4 Å². The van der Waals surface area contributed by atoms with Crippen molar-refractivity contribution in [3.63, 3.8) is 0 Å². The lowest BCUT2D eigenvalue weighted by molar-refractivity contribution is 0.487. The maximum absolute atomic E-state index is 6.80. The second-order valence-corrected chi connectivity index (χ2v) is 7.55. The molecule has 1 aliphatic heterocycles. The summed E-state index contributed by atoms with van der Waals surface area (Å²) in [6, 6.07) is 16.1. The first kappa shape index (κ1) is 17.6. The lowest BCUT2D eigenvalue weighted by Crippen LogP contribution is -2.58. The largest absolute Gasteiger partial charge is 0.329 e. The number of hydrogen-bond donors (Lipinski definition) is 4. The minimum absolute atomic E-state index is 0.495. The van der Waals surface area contributed by atoms with E-state index in [9.17, 15) is 0 Å². The van der Waals surface area contributed by atoms with Gasteiger partial charge in [0.25, 0.3) is 0 Å². The van der Waals surface area contributed by atoms with Gasteiger partial charge in [0.05, 0.1) is 6.54 Å². The summed E-state index contributed by atoms with van der Waals surface area (Å²) in [5.74, 6) is 1.19. The molecule has 0 saturated heterocycles. The number of aromatic nitrogens is 3. The molecular weight excluding hydrogens is 362 g/mol. The standard InChI is InChI=1S/C22H23N7/c23-22(20-11-18(28-29-20)17-8-9-17)12-19(16-6-2-1-3-7-16)26-21(27-22)25-14-15-5-4-10-24-13-15/h1-7,10-13,17H,8-9,14,23H2,(H,28,29)(H2,25,26,27). The second-order valence-electron chi connectivity index (χ2n) is 7.55. The molecule has 1 unspecified atom stereocenters. The minimum Gasteiger partial charge on any atom is -0.329 e. The van der Waals surface area contributed by atoms with Crippen molar-refractivity contribution in [2.75, 3.05) is 0 Å². The van der Waals surface area contributed by atoms with Gasteiger partial charge >= 0.3 is 0 Å². The minimum atomic E-state index is -0.964. The van der Waals surface area contributed by atoms with Crippen molar-refractivity contribution in [3.8, 4) is 0 Å². The van der Waals surface area contributed by atoms with Crippen molar-refractivity contribution in [3.05, 3.63) is 89.5 Å². The van der Waals surface area contributed by atoms with Gasteiger partial charge in [0, 0.05) is 29.7 Å². The van der Waals surface area contributed by atoms with E-state index in [1.807, 2.05) is 54.7 Å². The lowest BCUT2D eigenvalue weighted by atomic mass is 10.00. The van der Waals surface area contributed by atoms with Crippen molar-refractivity contribution in [2.45, 2.75) is 31.0 Å². The molecule has 0 radical (unpaired) electrons. The maximum Gasteiger partial charge on any atom is 0.198 e. The van der Waals surface area contributed by atoms with E-state index in [1.165, 1.54) is 12.8 Å². The quantitative estimate of drug-likeness (QED) is 0.540. The molecule has 1 atom stereocenters. The Morgan fingerprint density at radius 1 is 1.14 bits per heavy atom. The number of aromatic amines is 1. The number of aliphatic imine (C=N–C) groups is 1. The van der Waals surface area contributed by atoms with Gasteiger partial charge in [-0.15, -0.1) is 0 Å². The summed E-state index contributed by atoms with van der Waals surface area (Å²) < 4.78 is 0. The fourth-order valence-electron chi connectivity index (χ4n) is 3.46. The average molecular weight is 385 g/mol. The third-order valence-electron chi connectivity index (χ3n) is 5.22. The van der Waals surface area contributed by atoms with Crippen LogP contribution in [0.25, 0.3) is 5.70 Å². The van der Waals surface area contributed by atoms with E-state index in [2.05, 4.69) is 31.9 Å². The normalized spacial score (nSPS) is 22.7. The number of benzene rings is 1. The fraction of sp³-hybridized carbons (Fsp3) is 0.227. The average Bonchev–Trinajstić information content (AvgIpc) is 3.49. The highest BCUT2D eigenvalue weighted by atomic mass is 15.3. The van der Waals surface area contributed by atoms with Gasteiger partial charge in [-0.2, -0.15) is 5.10 Å². The van der Waals surface area contributed by atoms with Gasteiger partial charge in [0.2, 0.25) is 0 Å². The molecule has 0 bridgehead atoms. The predicted molar refractivity (Wildman–Crippen MR) is 112 cm³/mol. The number of guanidine groups is 1. The van der Waals surface area contributed by atoms with Crippen molar-refractivity contribution in [1.29, 1.82) is 0 Å². The Kier molecular flexibility index (Phi) is 4.37. The molecule has 29 heavy (non-hydrogen) atoms. The molecular formula is C22H23N7. The van der Waals surface area contributed by atoms with Crippen LogP contribution in [0.4, 0.5) is 0 Å². The zero-order valence-electron chi connectivity index (χ0n) is 16.0. The number of pyridine rings is 1. The molecule has 1 aliphatic carbocycles. The van der Waals surface area contributed by atoms with E-state index in [1.54, 1.807) is 6.20 Å². The van der Waals surface area contributed by atoms with Crippen LogP contribution < -0.4 is 16.4 Å². The zero-order valence-corrected chi connectivity index (χ0v) is 16.0. The number of nitrogens with zero attached hydrogens (tertiary/aromatic N) is 3. The first-order valence-electron chi connectivity index (χ1n) is 9.81. The van der Waals surface area contributed by atoms with Crippen LogP contribution in [0.1, 0.15) is 41.3 Å². The van der Waals surface area contributed by atoms with Gasteiger partial charge in [0.1, 0.15) is 5.69 Å². The van der Waals surface area contributed by atoms with Crippen LogP contribution in [-0.2, 0) is 12.2 Å². The second kappa shape index (κ2) is 7.18. The SMILES string of the molecule is NC1(c2cc(C3CC3)[nH]n2)C=C(c2ccccc2)NC(=NCc2cccnc2)N1. The topological polar surface area (TPSA) is 104 Å². The van der Waals surface area contributed by atoms with E-state index < -0.39 is 5.66 Å². The molecule has 1 aromatic carbocycles. The van der Waals surface area contributed by atoms with Crippen molar-refractivity contribution in [1.82, 2.24) is 25.8 Å². The molecule has 1 saturated carbocycles. The van der Waals surface area contributed by atoms with Crippen LogP contribution in [0.3, 0.4) is 0 Å². The smallest absolute Gasteiger partial charge is 0.198 e. The number of nitrogens with one attached hydrogen (secondary N) is 3. The molecule has 0 amide bonds. The van der Waals surface area contributed by atoms with Crippen molar-refractivity contribution >= 4 is 11.7 Å². The van der Waals surface area contributed by atoms with Crippen molar-refractivity contribution < 1.29 is 0 Å². The van der Waals surface area contributed by atoms with Crippen LogP contribution in [0.5, 0.6) is 0 Å². The maximum atomic E-state index is 6.80. The zero-order chi connectivity index (χ0) is 19.7.